The molecule has 0 spiro atoms. The van der Waals surface area contributed by atoms with Gasteiger partial charge in [-0.1, -0.05) is 28.1 Å². The third kappa shape index (κ3) is 6.70. The molecule has 1 rings (SSSR count). The molecule has 0 N–H and O–H groups in total. The Morgan fingerprint density at radius 1 is 1.00 bits per heavy atom. The van der Waals surface area contributed by atoms with Gasteiger partial charge in [0, 0.05) is 25.7 Å². The molecule has 1 aromatic rings. The number of benzene rings is 1. The van der Waals surface area contributed by atoms with Crippen molar-refractivity contribution in [3.05, 3.63) is 29.8 Å². The van der Waals surface area contributed by atoms with E-state index in [-0.39, 0.29) is 6.10 Å². The lowest BCUT2D eigenvalue weighted by molar-refractivity contribution is 0.0316. The average Bonchev–Trinajstić information content (AvgIpc) is 2.50. The maximum atomic E-state index is 5.86. The molecular formula is C15H23BrO4. The second-order valence-corrected chi connectivity index (χ2v) is 4.89. The van der Waals surface area contributed by atoms with E-state index in [9.17, 15) is 0 Å². The molecule has 0 saturated heterocycles. The van der Waals surface area contributed by atoms with Crippen molar-refractivity contribution in [2.45, 2.75) is 12.5 Å². The van der Waals surface area contributed by atoms with Crippen LogP contribution in [0.2, 0.25) is 0 Å². The molecule has 0 heterocycles. The van der Waals surface area contributed by atoms with Gasteiger partial charge in [-0.2, -0.15) is 0 Å². The molecule has 1 aromatic carbocycles. The molecule has 4 nitrogen and oxygen atoms in total. The molecule has 114 valence electrons. The Kier molecular flexibility index (Phi) is 9.66. The summed E-state index contributed by atoms with van der Waals surface area (Å²) in [5, 5.41) is 0.768. The number of hydrogen-bond donors (Lipinski definition) is 0. The van der Waals surface area contributed by atoms with Gasteiger partial charge in [0.05, 0.1) is 26.4 Å². The normalized spacial score (nSPS) is 12.3. The molecule has 1 atom stereocenters. The number of alkyl halides is 1. The van der Waals surface area contributed by atoms with Crippen molar-refractivity contribution < 1.29 is 18.9 Å². The first-order chi connectivity index (χ1) is 9.81. The van der Waals surface area contributed by atoms with Gasteiger partial charge in [0.15, 0.2) is 0 Å². The number of ether oxygens (including phenoxy) is 4. The van der Waals surface area contributed by atoms with Crippen molar-refractivity contribution >= 4 is 15.9 Å². The molecular weight excluding hydrogens is 324 g/mol. The summed E-state index contributed by atoms with van der Waals surface area (Å²) in [5.74, 6) is 0.855. The average molecular weight is 347 g/mol. The SMILES string of the molecule is COCCOCCCOC(CBr)c1ccc(OC)cc1. The third-order valence-corrected chi connectivity index (χ3v) is 3.40. The van der Waals surface area contributed by atoms with Crippen LogP contribution in [0.25, 0.3) is 0 Å². The molecule has 20 heavy (non-hydrogen) atoms. The highest BCUT2D eigenvalue weighted by molar-refractivity contribution is 9.09. The van der Waals surface area contributed by atoms with Crippen LogP contribution in [-0.2, 0) is 14.2 Å². The Balaban J connectivity index is 2.24. The first-order valence-electron chi connectivity index (χ1n) is 6.70. The standard InChI is InChI=1S/C15H23BrO4/c1-17-10-11-19-8-3-9-20-15(12-16)13-4-6-14(18-2)7-5-13/h4-7,15H,3,8-12H2,1-2H3. The fourth-order valence-corrected chi connectivity index (χ4v) is 2.24. The van der Waals surface area contributed by atoms with Crippen molar-refractivity contribution in [3.8, 4) is 5.75 Å². The van der Waals surface area contributed by atoms with Crippen molar-refractivity contribution in [2.24, 2.45) is 0 Å². The molecule has 0 amide bonds. The van der Waals surface area contributed by atoms with Gasteiger partial charge in [0.1, 0.15) is 5.75 Å². The quantitative estimate of drug-likeness (QED) is 0.455. The number of rotatable bonds is 11. The zero-order chi connectivity index (χ0) is 14.6. The van der Waals surface area contributed by atoms with Crippen LogP contribution in [0.15, 0.2) is 24.3 Å². The molecule has 0 aliphatic carbocycles. The molecule has 0 saturated carbocycles. The van der Waals surface area contributed by atoms with Crippen LogP contribution in [-0.4, -0.2) is 46.0 Å². The lowest BCUT2D eigenvalue weighted by Crippen LogP contribution is -2.10. The second-order valence-electron chi connectivity index (χ2n) is 4.25. The van der Waals surface area contributed by atoms with Crippen molar-refractivity contribution in [1.29, 1.82) is 0 Å². The van der Waals surface area contributed by atoms with Gasteiger partial charge in [0.2, 0.25) is 0 Å². The summed E-state index contributed by atoms with van der Waals surface area (Å²) in [6.45, 7) is 2.64. The van der Waals surface area contributed by atoms with E-state index in [0.29, 0.717) is 26.4 Å². The van der Waals surface area contributed by atoms with Gasteiger partial charge >= 0.3 is 0 Å². The summed E-state index contributed by atoms with van der Waals surface area (Å²) in [4.78, 5) is 0. The summed E-state index contributed by atoms with van der Waals surface area (Å²) in [5.41, 5.74) is 1.14. The number of methoxy groups -OCH3 is 2. The van der Waals surface area contributed by atoms with E-state index in [4.69, 9.17) is 18.9 Å². The van der Waals surface area contributed by atoms with Crippen LogP contribution in [0, 0.1) is 0 Å². The minimum absolute atomic E-state index is 0.0554. The summed E-state index contributed by atoms with van der Waals surface area (Å²) in [7, 11) is 3.33. The number of halogens is 1. The van der Waals surface area contributed by atoms with Crippen molar-refractivity contribution in [3.63, 3.8) is 0 Å². The summed E-state index contributed by atoms with van der Waals surface area (Å²) >= 11 is 3.49. The minimum Gasteiger partial charge on any atom is -0.497 e. The fourth-order valence-electron chi connectivity index (χ4n) is 1.68. The molecule has 0 radical (unpaired) electrons. The molecule has 5 heteroatoms. The molecule has 0 bridgehead atoms. The van der Waals surface area contributed by atoms with E-state index < -0.39 is 0 Å². The zero-order valence-corrected chi connectivity index (χ0v) is 13.7. The lowest BCUT2D eigenvalue weighted by Gasteiger charge is -2.16. The molecule has 0 aromatic heterocycles. The van der Waals surface area contributed by atoms with Crippen LogP contribution in [0.4, 0.5) is 0 Å². The van der Waals surface area contributed by atoms with Crippen LogP contribution >= 0.6 is 15.9 Å². The van der Waals surface area contributed by atoms with Gasteiger partial charge in [-0.15, -0.1) is 0 Å². The fraction of sp³-hybridized carbons (Fsp3) is 0.600. The van der Waals surface area contributed by atoms with E-state index >= 15 is 0 Å². The second kappa shape index (κ2) is 11.1. The van der Waals surface area contributed by atoms with Gasteiger partial charge < -0.3 is 18.9 Å². The highest BCUT2D eigenvalue weighted by Crippen LogP contribution is 2.22. The van der Waals surface area contributed by atoms with Gasteiger partial charge in [-0.25, -0.2) is 0 Å². The van der Waals surface area contributed by atoms with Crippen molar-refractivity contribution in [1.82, 2.24) is 0 Å². The molecule has 0 aliphatic heterocycles. The smallest absolute Gasteiger partial charge is 0.118 e. The van der Waals surface area contributed by atoms with E-state index in [1.54, 1.807) is 14.2 Å². The van der Waals surface area contributed by atoms with Gasteiger partial charge in [0.25, 0.3) is 0 Å². The first kappa shape index (κ1) is 17.4. The topological polar surface area (TPSA) is 36.9 Å². The summed E-state index contributed by atoms with van der Waals surface area (Å²) in [6.07, 6.45) is 0.934. The Labute approximate surface area is 129 Å². The van der Waals surface area contributed by atoms with E-state index in [2.05, 4.69) is 15.9 Å². The monoisotopic (exact) mass is 346 g/mol. The minimum atomic E-state index is 0.0554. The molecule has 0 fully saturated rings. The van der Waals surface area contributed by atoms with Gasteiger partial charge in [-0.3, -0.25) is 0 Å². The third-order valence-electron chi connectivity index (χ3n) is 2.81. The van der Waals surface area contributed by atoms with Crippen LogP contribution in [0.1, 0.15) is 18.1 Å². The Morgan fingerprint density at radius 2 is 1.75 bits per heavy atom. The first-order valence-corrected chi connectivity index (χ1v) is 7.82. The highest BCUT2D eigenvalue weighted by atomic mass is 79.9. The van der Waals surface area contributed by atoms with Crippen LogP contribution < -0.4 is 4.74 Å². The van der Waals surface area contributed by atoms with E-state index in [1.165, 1.54) is 0 Å². The van der Waals surface area contributed by atoms with E-state index in [1.807, 2.05) is 24.3 Å². The predicted molar refractivity (Wildman–Crippen MR) is 82.8 cm³/mol. The number of hydrogen-bond acceptors (Lipinski definition) is 4. The molecule has 0 aliphatic rings. The summed E-state index contributed by atoms with van der Waals surface area (Å²) in [6, 6.07) is 7.95. The molecule has 1 unspecified atom stereocenters. The predicted octanol–water partition coefficient (Wildman–Crippen LogP) is 3.20. The maximum absolute atomic E-state index is 5.86. The van der Waals surface area contributed by atoms with Crippen LogP contribution in [0.5, 0.6) is 5.75 Å². The largest absolute Gasteiger partial charge is 0.497 e. The lowest BCUT2D eigenvalue weighted by atomic mass is 10.1. The van der Waals surface area contributed by atoms with Crippen molar-refractivity contribution in [2.75, 3.05) is 46.0 Å². The maximum Gasteiger partial charge on any atom is 0.118 e. The Morgan fingerprint density at radius 3 is 2.35 bits per heavy atom. The Bertz CT molecular complexity index is 342. The summed E-state index contributed by atoms with van der Waals surface area (Å²) < 4.78 is 21.3. The Hall–Kier alpha value is -0.620. The van der Waals surface area contributed by atoms with Gasteiger partial charge in [-0.05, 0) is 24.1 Å². The van der Waals surface area contributed by atoms with E-state index in [0.717, 1.165) is 23.1 Å². The van der Waals surface area contributed by atoms with Crippen LogP contribution in [0.3, 0.4) is 0 Å². The zero-order valence-electron chi connectivity index (χ0n) is 12.1. The highest BCUT2D eigenvalue weighted by Gasteiger charge is 2.10.